The third kappa shape index (κ3) is 5.83. The Balaban J connectivity index is 1.74. The molecule has 7 heteroatoms. The van der Waals surface area contributed by atoms with Gasteiger partial charge in [-0.25, -0.2) is 0 Å². The van der Waals surface area contributed by atoms with Crippen LogP contribution < -0.4 is 10.6 Å². The van der Waals surface area contributed by atoms with Gasteiger partial charge in [-0.2, -0.15) is 0 Å². The molecule has 3 amide bonds. The molecule has 0 unspecified atom stereocenters. The van der Waals surface area contributed by atoms with Gasteiger partial charge in [0, 0.05) is 35.6 Å². The molecule has 1 aliphatic rings. The highest BCUT2D eigenvalue weighted by Crippen LogP contribution is 2.20. The molecule has 1 aromatic carbocycles. The number of carbonyl (C=O) groups excluding carboxylic acids is 3. The largest absolute Gasteiger partial charge is 0.347 e. The van der Waals surface area contributed by atoms with Gasteiger partial charge in [0.15, 0.2) is 0 Å². The van der Waals surface area contributed by atoms with Crippen LogP contribution in [-0.4, -0.2) is 42.3 Å². The van der Waals surface area contributed by atoms with Crippen molar-refractivity contribution >= 4 is 39.3 Å². The highest BCUT2D eigenvalue weighted by Gasteiger charge is 2.27. The topological polar surface area (TPSA) is 78.5 Å². The van der Waals surface area contributed by atoms with Crippen molar-refractivity contribution in [2.24, 2.45) is 5.92 Å². The first-order valence-electron chi connectivity index (χ1n) is 9.02. The van der Waals surface area contributed by atoms with Crippen LogP contribution in [0.1, 0.15) is 38.2 Å². The van der Waals surface area contributed by atoms with Crippen molar-refractivity contribution in [3.8, 4) is 0 Å². The van der Waals surface area contributed by atoms with E-state index < -0.39 is 0 Å². The minimum atomic E-state index is -0.254. The zero-order valence-electron chi connectivity index (χ0n) is 15.3. The maximum absolute atomic E-state index is 12.3. The Morgan fingerprint density at radius 2 is 1.92 bits per heavy atom. The number of hydrogen-bond donors (Lipinski definition) is 2. The Morgan fingerprint density at radius 1 is 1.23 bits per heavy atom. The summed E-state index contributed by atoms with van der Waals surface area (Å²) >= 11 is 3.42. The van der Waals surface area contributed by atoms with E-state index in [1.54, 1.807) is 6.07 Å². The highest BCUT2D eigenvalue weighted by molar-refractivity contribution is 9.10. The van der Waals surface area contributed by atoms with E-state index in [9.17, 15) is 14.4 Å². The van der Waals surface area contributed by atoms with Crippen LogP contribution in [0.3, 0.4) is 0 Å². The summed E-state index contributed by atoms with van der Waals surface area (Å²) in [7, 11) is 0. The van der Waals surface area contributed by atoms with Gasteiger partial charge in [0.25, 0.3) is 0 Å². The number of amides is 3. The molecule has 0 bridgehead atoms. The molecule has 0 aromatic heterocycles. The number of halogens is 1. The second-order valence-corrected chi connectivity index (χ2v) is 7.49. The molecule has 0 aliphatic carbocycles. The van der Waals surface area contributed by atoms with E-state index in [2.05, 4.69) is 26.6 Å². The van der Waals surface area contributed by atoms with Gasteiger partial charge in [-0.3, -0.25) is 14.4 Å². The zero-order chi connectivity index (χ0) is 19.1. The number of carbonyl (C=O) groups is 3. The molecule has 0 spiro atoms. The Hall–Kier alpha value is -1.89. The van der Waals surface area contributed by atoms with Gasteiger partial charge in [0.1, 0.15) is 0 Å². The lowest BCUT2D eigenvalue weighted by Crippen LogP contribution is -2.44. The van der Waals surface area contributed by atoms with Crippen molar-refractivity contribution in [3.05, 3.63) is 28.2 Å². The molecule has 6 nitrogen and oxygen atoms in total. The van der Waals surface area contributed by atoms with Gasteiger partial charge in [-0.1, -0.05) is 22.9 Å². The Labute approximate surface area is 162 Å². The monoisotopic (exact) mass is 423 g/mol. The summed E-state index contributed by atoms with van der Waals surface area (Å²) in [5.74, 6) is -0.343. The second kappa shape index (κ2) is 9.71. The molecule has 0 atom stereocenters. The average molecular weight is 424 g/mol. The van der Waals surface area contributed by atoms with Gasteiger partial charge in [-0.05, 0) is 49.9 Å². The summed E-state index contributed by atoms with van der Waals surface area (Å²) in [5, 5.41) is 5.48. The third-order valence-corrected chi connectivity index (χ3v) is 5.44. The SMILES string of the molecule is CCCC(=O)N1CCC(C(=O)NCC(=O)Nc2ccc(Br)c(C)c2)CC1. The minimum absolute atomic E-state index is 0.0527. The fourth-order valence-electron chi connectivity index (χ4n) is 3.00. The van der Waals surface area contributed by atoms with E-state index in [0.717, 1.165) is 16.5 Å². The normalized spacial score (nSPS) is 14.8. The van der Waals surface area contributed by atoms with Crippen LogP contribution in [0.15, 0.2) is 22.7 Å². The summed E-state index contributed by atoms with van der Waals surface area (Å²) in [6.45, 7) is 5.10. The summed E-state index contributed by atoms with van der Waals surface area (Å²) in [6.07, 6.45) is 2.70. The van der Waals surface area contributed by atoms with Crippen LogP contribution in [0.2, 0.25) is 0 Å². The van der Waals surface area contributed by atoms with Gasteiger partial charge in [-0.15, -0.1) is 0 Å². The van der Waals surface area contributed by atoms with Gasteiger partial charge < -0.3 is 15.5 Å². The second-order valence-electron chi connectivity index (χ2n) is 6.64. The fourth-order valence-corrected chi connectivity index (χ4v) is 3.25. The molecule has 1 aromatic rings. The van der Waals surface area contributed by atoms with Crippen molar-refractivity contribution in [1.82, 2.24) is 10.2 Å². The maximum Gasteiger partial charge on any atom is 0.243 e. The van der Waals surface area contributed by atoms with Crippen molar-refractivity contribution in [1.29, 1.82) is 0 Å². The van der Waals surface area contributed by atoms with E-state index in [0.29, 0.717) is 38.0 Å². The lowest BCUT2D eigenvalue weighted by Gasteiger charge is -2.31. The van der Waals surface area contributed by atoms with Crippen molar-refractivity contribution in [2.45, 2.75) is 39.5 Å². The number of nitrogens with zero attached hydrogens (tertiary/aromatic N) is 1. The molecule has 2 rings (SSSR count). The minimum Gasteiger partial charge on any atom is -0.347 e. The van der Waals surface area contributed by atoms with Crippen LogP contribution in [0.25, 0.3) is 0 Å². The van der Waals surface area contributed by atoms with E-state index in [-0.39, 0.29) is 30.2 Å². The smallest absolute Gasteiger partial charge is 0.243 e. The average Bonchev–Trinajstić information content (AvgIpc) is 2.63. The van der Waals surface area contributed by atoms with Crippen LogP contribution >= 0.6 is 15.9 Å². The summed E-state index contributed by atoms with van der Waals surface area (Å²) in [5.41, 5.74) is 1.73. The van der Waals surface area contributed by atoms with Crippen molar-refractivity contribution in [3.63, 3.8) is 0 Å². The predicted molar refractivity (Wildman–Crippen MR) is 105 cm³/mol. The number of benzene rings is 1. The molecule has 2 N–H and O–H groups in total. The molecule has 1 aliphatic heterocycles. The van der Waals surface area contributed by atoms with E-state index >= 15 is 0 Å². The van der Waals surface area contributed by atoms with Crippen LogP contribution in [0.5, 0.6) is 0 Å². The first-order chi connectivity index (χ1) is 12.4. The van der Waals surface area contributed by atoms with E-state index in [4.69, 9.17) is 0 Å². The molecule has 0 radical (unpaired) electrons. The summed E-state index contributed by atoms with van der Waals surface area (Å²) in [4.78, 5) is 38.0. The standard InChI is InChI=1S/C19H26BrN3O3/c1-3-4-18(25)23-9-7-14(8-10-23)19(26)21-12-17(24)22-15-5-6-16(20)13(2)11-15/h5-6,11,14H,3-4,7-10,12H2,1-2H3,(H,21,26)(H,22,24). The third-order valence-electron chi connectivity index (χ3n) is 4.55. The number of hydrogen-bond acceptors (Lipinski definition) is 3. The quantitative estimate of drug-likeness (QED) is 0.737. The molecular weight excluding hydrogens is 398 g/mol. The Bertz CT molecular complexity index is 670. The number of aryl methyl sites for hydroxylation is 1. The Kier molecular flexibility index (Phi) is 7.63. The predicted octanol–water partition coefficient (Wildman–Crippen LogP) is 2.85. The maximum atomic E-state index is 12.3. The molecule has 1 fully saturated rings. The van der Waals surface area contributed by atoms with Gasteiger partial charge in [0.2, 0.25) is 17.7 Å². The molecule has 26 heavy (non-hydrogen) atoms. The fraction of sp³-hybridized carbons (Fsp3) is 0.526. The number of anilines is 1. The summed E-state index contributed by atoms with van der Waals surface area (Å²) in [6, 6.07) is 5.55. The number of likely N-dealkylation sites (tertiary alicyclic amines) is 1. The van der Waals surface area contributed by atoms with Crippen LogP contribution in [0.4, 0.5) is 5.69 Å². The molecule has 1 heterocycles. The Morgan fingerprint density at radius 3 is 2.54 bits per heavy atom. The molecule has 0 saturated carbocycles. The van der Waals surface area contributed by atoms with Gasteiger partial charge >= 0.3 is 0 Å². The van der Waals surface area contributed by atoms with Crippen molar-refractivity contribution < 1.29 is 14.4 Å². The lowest BCUT2D eigenvalue weighted by atomic mass is 9.95. The summed E-state index contributed by atoms with van der Waals surface area (Å²) < 4.78 is 0.979. The zero-order valence-corrected chi connectivity index (χ0v) is 16.9. The molecular formula is C19H26BrN3O3. The highest BCUT2D eigenvalue weighted by atomic mass is 79.9. The first kappa shape index (κ1) is 20.4. The molecule has 1 saturated heterocycles. The number of nitrogens with one attached hydrogen (secondary N) is 2. The van der Waals surface area contributed by atoms with Crippen molar-refractivity contribution in [2.75, 3.05) is 25.0 Å². The van der Waals surface area contributed by atoms with Gasteiger partial charge in [0.05, 0.1) is 6.54 Å². The van der Waals surface area contributed by atoms with Crippen LogP contribution in [0, 0.1) is 12.8 Å². The molecule has 142 valence electrons. The number of piperidine rings is 1. The van der Waals surface area contributed by atoms with Crippen LogP contribution in [-0.2, 0) is 14.4 Å². The lowest BCUT2D eigenvalue weighted by molar-refractivity contribution is -0.135. The van der Waals surface area contributed by atoms with E-state index in [1.165, 1.54) is 0 Å². The first-order valence-corrected chi connectivity index (χ1v) is 9.81. The van der Waals surface area contributed by atoms with E-state index in [1.807, 2.05) is 30.9 Å². The number of rotatable bonds is 6.